The predicted molar refractivity (Wildman–Crippen MR) is 136 cm³/mol. The third-order valence-electron chi connectivity index (χ3n) is 5.94. The summed E-state index contributed by atoms with van der Waals surface area (Å²) in [5.74, 6) is -3.74. The summed E-state index contributed by atoms with van der Waals surface area (Å²) in [4.78, 5) is 55.2. The molecule has 4 heterocycles. The topological polar surface area (TPSA) is 179 Å². The van der Waals surface area contributed by atoms with Crippen LogP contribution < -0.4 is 9.47 Å². The first-order chi connectivity index (χ1) is 19.3. The maximum atomic E-state index is 12.8. The summed E-state index contributed by atoms with van der Waals surface area (Å²) in [7, 11) is 0. The van der Waals surface area contributed by atoms with Gasteiger partial charge in [0.15, 0.2) is 0 Å². The van der Waals surface area contributed by atoms with E-state index in [4.69, 9.17) is 28.5 Å². The first-order valence-electron chi connectivity index (χ1n) is 11.5. The molecule has 0 fully saturated rings. The van der Waals surface area contributed by atoms with Crippen LogP contribution >= 0.6 is 0 Å². The van der Waals surface area contributed by atoms with Gasteiger partial charge in [0.05, 0.1) is 27.6 Å². The number of ether oxygens (including phenoxy) is 2. The number of furan rings is 2. The molecule has 0 amide bonds. The van der Waals surface area contributed by atoms with Crippen LogP contribution in [0.5, 0.6) is 11.8 Å². The minimum Gasteiger partial charge on any atom is -0.478 e. The minimum absolute atomic E-state index is 0.0514. The number of nitrogens with zero attached hydrogens (tertiary/aromatic N) is 2. The summed E-state index contributed by atoms with van der Waals surface area (Å²) < 4.78 is 22.1. The van der Waals surface area contributed by atoms with Gasteiger partial charge < -0.3 is 28.5 Å². The van der Waals surface area contributed by atoms with E-state index in [1.54, 1.807) is 24.3 Å². The molecule has 0 aliphatic carbocycles. The second-order valence-corrected chi connectivity index (χ2v) is 8.45. The molecule has 2 aromatic carbocycles. The molecule has 12 heteroatoms. The highest BCUT2D eigenvalue weighted by Crippen LogP contribution is 2.38. The quantitative estimate of drug-likeness (QED) is 0.273. The average Bonchev–Trinajstić information content (AvgIpc) is 3.48. The van der Waals surface area contributed by atoms with Crippen molar-refractivity contribution in [3.05, 3.63) is 95.3 Å². The lowest BCUT2D eigenvalue weighted by atomic mass is 10.1. The molecule has 0 spiro atoms. The van der Waals surface area contributed by atoms with Gasteiger partial charge in [0, 0.05) is 35.3 Å². The van der Waals surface area contributed by atoms with Gasteiger partial charge in [0.25, 0.3) is 5.78 Å². The zero-order valence-electron chi connectivity index (χ0n) is 20.0. The Labute approximate surface area is 222 Å². The molecule has 12 nitrogen and oxygen atoms in total. The highest BCUT2D eigenvalue weighted by molar-refractivity contribution is 6.19. The van der Waals surface area contributed by atoms with Crippen molar-refractivity contribution in [2.24, 2.45) is 0 Å². The van der Waals surface area contributed by atoms with Crippen molar-refractivity contribution < 1.29 is 47.7 Å². The zero-order valence-corrected chi connectivity index (χ0v) is 20.0. The van der Waals surface area contributed by atoms with Gasteiger partial charge in [-0.2, -0.15) is 0 Å². The van der Waals surface area contributed by atoms with E-state index in [1.165, 1.54) is 36.4 Å². The number of rotatable bonds is 6. The van der Waals surface area contributed by atoms with E-state index in [0.717, 1.165) is 12.4 Å². The van der Waals surface area contributed by atoms with Gasteiger partial charge in [-0.3, -0.25) is 0 Å². The molecular weight excluding hydrogens is 524 g/mol. The fraction of sp³-hybridized carbons (Fsp3) is 0. The number of benzene rings is 2. The summed E-state index contributed by atoms with van der Waals surface area (Å²) >= 11 is 0. The molecule has 0 atom stereocenters. The fourth-order valence-corrected chi connectivity index (χ4v) is 4.01. The Kier molecular flexibility index (Phi) is 5.69. The van der Waals surface area contributed by atoms with Crippen LogP contribution in [0.3, 0.4) is 0 Å². The summed E-state index contributed by atoms with van der Waals surface area (Å²) in [6.45, 7) is 0. The highest BCUT2D eigenvalue weighted by Gasteiger charge is 2.21. The maximum absolute atomic E-state index is 12.8. The second-order valence-electron chi connectivity index (χ2n) is 8.45. The van der Waals surface area contributed by atoms with Crippen LogP contribution in [-0.4, -0.2) is 44.1 Å². The number of esters is 2. The largest absolute Gasteiger partial charge is 0.478 e. The van der Waals surface area contributed by atoms with E-state index in [-0.39, 0.29) is 39.8 Å². The van der Waals surface area contributed by atoms with Crippen molar-refractivity contribution >= 4 is 57.0 Å². The van der Waals surface area contributed by atoms with E-state index < -0.39 is 23.9 Å². The molecule has 0 saturated carbocycles. The number of carboxylic acid groups (broad SMARTS) is 2. The smallest absolute Gasteiger partial charge is 0.344 e. The van der Waals surface area contributed by atoms with Crippen molar-refractivity contribution in [2.45, 2.75) is 0 Å². The minimum atomic E-state index is -1.16. The van der Waals surface area contributed by atoms with Gasteiger partial charge in [0.1, 0.15) is 11.2 Å². The summed E-state index contributed by atoms with van der Waals surface area (Å²) in [6, 6.07) is 14.3. The third-order valence-corrected chi connectivity index (χ3v) is 5.94. The zero-order chi connectivity index (χ0) is 28.0. The molecule has 0 saturated heterocycles. The molecule has 0 bridgehead atoms. The van der Waals surface area contributed by atoms with Crippen molar-refractivity contribution in [3.63, 3.8) is 0 Å². The molecule has 0 aliphatic rings. The number of hydrogen-bond acceptors (Lipinski definition) is 10. The summed E-state index contributed by atoms with van der Waals surface area (Å²) in [5, 5.41) is 19.5. The van der Waals surface area contributed by atoms with Crippen molar-refractivity contribution in [3.8, 4) is 11.8 Å². The van der Waals surface area contributed by atoms with Gasteiger partial charge in [-0.25, -0.2) is 29.1 Å². The van der Waals surface area contributed by atoms with E-state index in [2.05, 4.69) is 9.97 Å². The molecule has 2 N–H and O–H groups in total. The monoisotopic (exact) mass is 538 g/mol. The lowest BCUT2D eigenvalue weighted by Crippen LogP contribution is -2.10. The number of carboxylic acids is 2. The number of hydrogen-bond donors (Lipinski definition) is 2. The van der Waals surface area contributed by atoms with Crippen LogP contribution in [0, 0.1) is 0 Å². The number of aromatic carboxylic acids is 2. The third kappa shape index (κ3) is 4.35. The standard InChI is InChI=1S/C28H14N2O10/c31-24(32)15-3-7-21(29-11-15)39-26(35)13-1-5-19-17(9-13)23-18-10-14(2-6-20(18)38-28(23)37-19)27(36)40-22-8-4-16(12-30-22)25(33)34/h1-12H,(H,31,32)(H,33,34). The fourth-order valence-electron chi connectivity index (χ4n) is 4.01. The van der Waals surface area contributed by atoms with Gasteiger partial charge in [-0.1, -0.05) is 0 Å². The molecule has 0 unspecified atom stereocenters. The number of pyridine rings is 2. The van der Waals surface area contributed by atoms with Crippen LogP contribution in [-0.2, 0) is 0 Å². The number of aromatic nitrogens is 2. The average molecular weight is 538 g/mol. The van der Waals surface area contributed by atoms with Crippen molar-refractivity contribution in [1.29, 1.82) is 0 Å². The summed E-state index contributed by atoms with van der Waals surface area (Å²) in [6.07, 6.45) is 2.16. The van der Waals surface area contributed by atoms with Gasteiger partial charge in [-0.05, 0) is 48.5 Å². The van der Waals surface area contributed by atoms with E-state index in [0.29, 0.717) is 27.3 Å². The molecule has 40 heavy (non-hydrogen) atoms. The van der Waals surface area contributed by atoms with Crippen LogP contribution in [0.25, 0.3) is 33.1 Å². The molecule has 4 aromatic heterocycles. The lowest BCUT2D eigenvalue weighted by molar-refractivity contribution is 0.0684. The van der Waals surface area contributed by atoms with Crippen LogP contribution in [0.4, 0.5) is 0 Å². The van der Waals surface area contributed by atoms with E-state index in [9.17, 15) is 19.2 Å². The van der Waals surface area contributed by atoms with Gasteiger partial charge >= 0.3 is 23.9 Å². The molecule has 0 aliphatic heterocycles. The Hall–Kier alpha value is -6.04. The van der Waals surface area contributed by atoms with E-state index >= 15 is 0 Å². The molecular formula is C28H14N2O10. The Bertz CT molecular complexity index is 1850. The normalized spacial score (nSPS) is 11.1. The number of carbonyl (C=O) groups excluding carboxylic acids is 2. The lowest BCUT2D eigenvalue weighted by Gasteiger charge is -2.04. The SMILES string of the molecule is O=C(O)c1ccc(OC(=O)c2ccc3oc4oc5ccc(C(=O)Oc6ccc(C(=O)O)cn6)cc5c4c3c2)nc1. The molecule has 6 rings (SSSR count). The van der Waals surface area contributed by atoms with Crippen LogP contribution in [0.15, 0.2) is 81.9 Å². The van der Waals surface area contributed by atoms with Crippen molar-refractivity contribution in [1.82, 2.24) is 9.97 Å². The van der Waals surface area contributed by atoms with Crippen LogP contribution in [0.1, 0.15) is 41.4 Å². The first kappa shape index (κ1) is 24.3. The second kappa shape index (κ2) is 9.36. The number of carbonyl (C=O) groups is 4. The summed E-state index contributed by atoms with van der Waals surface area (Å²) in [5.41, 5.74) is 1.08. The van der Waals surface area contributed by atoms with E-state index in [1.807, 2.05) is 0 Å². The first-order valence-corrected chi connectivity index (χ1v) is 11.5. The molecule has 0 radical (unpaired) electrons. The van der Waals surface area contributed by atoms with Crippen molar-refractivity contribution in [2.75, 3.05) is 0 Å². The Morgan fingerprint density at radius 3 is 1.40 bits per heavy atom. The molecule has 6 aromatic rings. The predicted octanol–water partition coefficient (Wildman–Crippen LogP) is 4.96. The van der Waals surface area contributed by atoms with Crippen LogP contribution in [0.2, 0.25) is 0 Å². The van der Waals surface area contributed by atoms with Gasteiger partial charge in [0.2, 0.25) is 11.8 Å². The van der Waals surface area contributed by atoms with Gasteiger partial charge in [-0.15, -0.1) is 0 Å². The number of fused-ring (bicyclic) bond motifs is 5. The highest BCUT2D eigenvalue weighted by atomic mass is 16.5. The maximum Gasteiger partial charge on any atom is 0.344 e. The molecule has 196 valence electrons. The Morgan fingerprint density at radius 1 is 0.600 bits per heavy atom. The Morgan fingerprint density at radius 2 is 1.02 bits per heavy atom. The Balaban J connectivity index is 1.31.